The molecule has 0 aliphatic carbocycles. The van der Waals surface area contributed by atoms with Gasteiger partial charge < -0.3 is 4.74 Å². The number of nitrogens with zero attached hydrogens (tertiary/aromatic N) is 3. The average molecular weight is 324 g/mol. The van der Waals surface area contributed by atoms with E-state index < -0.39 is 12.1 Å². The summed E-state index contributed by atoms with van der Waals surface area (Å²) in [4.78, 5) is 16.6. The van der Waals surface area contributed by atoms with Gasteiger partial charge in [-0.2, -0.15) is 5.26 Å². The molecule has 1 aromatic rings. The van der Waals surface area contributed by atoms with Crippen LogP contribution in [0, 0.1) is 31.1 Å². The first-order valence-corrected chi connectivity index (χ1v) is 8.01. The molecule has 0 saturated carbocycles. The van der Waals surface area contributed by atoms with Crippen molar-refractivity contribution in [2.24, 2.45) is 10.9 Å². The zero-order chi connectivity index (χ0) is 17.3. The molecule has 2 unspecified atom stereocenters. The SMILES string of the molecule is CCOC(=O)C1=NC2C(C#N)CNN2C(c2ccc(C)c(C)c2)=C1. The summed E-state index contributed by atoms with van der Waals surface area (Å²) in [5.41, 5.74) is 7.66. The first-order chi connectivity index (χ1) is 11.5. The zero-order valence-electron chi connectivity index (χ0n) is 14.0. The number of hydrogen-bond donors (Lipinski definition) is 1. The van der Waals surface area contributed by atoms with Crippen molar-refractivity contribution in [3.8, 4) is 6.07 Å². The summed E-state index contributed by atoms with van der Waals surface area (Å²) >= 11 is 0. The number of fused-ring (bicyclic) bond motifs is 1. The summed E-state index contributed by atoms with van der Waals surface area (Å²) in [5, 5.41) is 11.2. The minimum Gasteiger partial charge on any atom is -0.461 e. The number of hydrazine groups is 1. The van der Waals surface area contributed by atoms with E-state index in [1.54, 1.807) is 13.0 Å². The van der Waals surface area contributed by atoms with Gasteiger partial charge in [0, 0.05) is 6.54 Å². The molecule has 1 N–H and O–H groups in total. The summed E-state index contributed by atoms with van der Waals surface area (Å²) < 4.78 is 5.09. The van der Waals surface area contributed by atoms with E-state index in [1.807, 2.05) is 17.1 Å². The number of aliphatic imine (C=N–C) groups is 1. The number of esters is 1. The molecule has 6 nitrogen and oxygen atoms in total. The minimum atomic E-state index is -0.456. The molecule has 124 valence electrons. The molecule has 0 bridgehead atoms. The van der Waals surface area contributed by atoms with Gasteiger partial charge in [0.1, 0.15) is 11.6 Å². The van der Waals surface area contributed by atoms with E-state index >= 15 is 0 Å². The smallest absolute Gasteiger partial charge is 0.356 e. The molecular formula is C18H20N4O2. The van der Waals surface area contributed by atoms with Gasteiger partial charge in [-0.05, 0) is 49.6 Å². The van der Waals surface area contributed by atoms with E-state index in [1.165, 1.54) is 11.1 Å². The molecule has 24 heavy (non-hydrogen) atoms. The Labute approximate surface area is 141 Å². The molecule has 1 aromatic carbocycles. The highest BCUT2D eigenvalue weighted by molar-refractivity contribution is 6.42. The Morgan fingerprint density at radius 1 is 1.46 bits per heavy atom. The summed E-state index contributed by atoms with van der Waals surface area (Å²) in [6.07, 6.45) is 1.31. The molecule has 1 saturated heterocycles. The first-order valence-electron chi connectivity index (χ1n) is 8.01. The second-order valence-corrected chi connectivity index (χ2v) is 5.94. The molecule has 2 aliphatic heterocycles. The third-order valence-electron chi connectivity index (χ3n) is 4.36. The number of hydrogen-bond acceptors (Lipinski definition) is 6. The summed E-state index contributed by atoms with van der Waals surface area (Å²) in [7, 11) is 0. The van der Waals surface area contributed by atoms with E-state index in [4.69, 9.17) is 4.74 Å². The van der Waals surface area contributed by atoms with Crippen molar-refractivity contribution in [1.82, 2.24) is 10.4 Å². The molecule has 2 aliphatic rings. The van der Waals surface area contributed by atoms with Gasteiger partial charge in [0.25, 0.3) is 0 Å². The van der Waals surface area contributed by atoms with Crippen LogP contribution in [0.3, 0.4) is 0 Å². The van der Waals surface area contributed by atoms with Crippen LogP contribution in [0.1, 0.15) is 23.6 Å². The lowest BCUT2D eigenvalue weighted by Crippen LogP contribution is -2.40. The van der Waals surface area contributed by atoms with Gasteiger partial charge in [-0.15, -0.1) is 0 Å². The Bertz CT molecular complexity index is 776. The van der Waals surface area contributed by atoms with Crippen molar-refractivity contribution in [3.05, 3.63) is 41.0 Å². The maximum atomic E-state index is 12.2. The van der Waals surface area contributed by atoms with Crippen molar-refractivity contribution >= 4 is 17.4 Å². The van der Waals surface area contributed by atoms with Crippen LogP contribution in [0.5, 0.6) is 0 Å². The van der Waals surface area contributed by atoms with E-state index in [0.29, 0.717) is 13.2 Å². The standard InChI is InChI=1S/C18H20N4O2/c1-4-24-18(23)15-8-16(13-6-5-11(2)12(3)7-13)22-17(21-15)14(9-19)10-20-22/h5-8,14,17,20H,4,10H2,1-3H3. The number of nitrogens with one attached hydrogen (secondary N) is 1. The predicted molar refractivity (Wildman–Crippen MR) is 90.7 cm³/mol. The molecule has 6 heteroatoms. The number of rotatable bonds is 3. The van der Waals surface area contributed by atoms with Crippen molar-refractivity contribution in [2.75, 3.05) is 13.2 Å². The van der Waals surface area contributed by atoms with Crippen LogP contribution in [0.15, 0.2) is 29.3 Å². The largest absolute Gasteiger partial charge is 0.461 e. The van der Waals surface area contributed by atoms with Crippen LogP contribution in [0.25, 0.3) is 5.70 Å². The van der Waals surface area contributed by atoms with Crippen molar-refractivity contribution in [2.45, 2.75) is 26.9 Å². The Morgan fingerprint density at radius 3 is 2.92 bits per heavy atom. The zero-order valence-corrected chi connectivity index (χ0v) is 14.0. The lowest BCUT2D eigenvalue weighted by atomic mass is 10.0. The average Bonchev–Trinajstić information content (AvgIpc) is 2.99. The van der Waals surface area contributed by atoms with Crippen molar-refractivity contribution < 1.29 is 9.53 Å². The number of carbonyl (C=O) groups is 1. The van der Waals surface area contributed by atoms with Crippen molar-refractivity contribution in [3.63, 3.8) is 0 Å². The molecule has 2 atom stereocenters. The van der Waals surface area contributed by atoms with Crippen LogP contribution >= 0.6 is 0 Å². The van der Waals surface area contributed by atoms with Gasteiger partial charge in [0.2, 0.25) is 0 Å². The van der Waals surface area contributed by atoms with Gasteiger partial charge in [0.15, 0.2) is 6.17 Å². The number of nitriles is 1. The van der Waals surface area contributed by atoms with Crippen LogP contribution in [-0.4, -0.2) is 36.0 Å². The molecule has 0 aromatic heterocycles. The Kier molecular flexibility index (Phi) is 4.36. The number of ether oxygens (including phenoxy) is 1. The third kappa shape index (κ3) is 2.79. The van der Waals surface area contributed by atoms with Gasteiger partial charge in [-0.1, -0.05) is 12.1 Å². The molecule has 3 rings (SSSR count). The van der Waals surface area contributed by atoms with E-state index in [2.05, 4.69) is 36.4 Å². The fourth-order valence-electron chi connectivity index (χ4n) is 2.88. The maximum absolute atomic E-state index is 12.2. The minimum absolute atomic E-state index is 0.260. The number of benzene rings is 1. The maximum Gasteiger partial charge on any atom is 0.356 e. The fraction of sp³-hybridized carbons (Fsp3) is 0.389. The fourth-order valence-corrected chi connectivity index (χ4v) is 2.88. The second kappa shape index (κ2) is 6.46. The second-order valence-electron chi connectivity index (χ2n) is 5.94. The molecule has 2 heterocycles. The quantitative estimate of drug-likeness (QED) is 0.860. The van der Waals surface area contributed by atoms with E-state index in [0.717, 1.165) is 11.3 Å². The van der Waals surface area contributed by atoms with Gasteiger partial charge in [0.05, 0.1) is 18.4 Å². The van der Waals surface area contributed by atoms with E-state index in [9.17, 15) is 10.1 Å². The molecule has 0 radical (unpaired) electrons. The first kappa shape index (κ1) is 16.2. The summed E-state index contributed by atoms with van der Waals surface area (Å²) in [6.45, 7) is 6.66. The highest BCUT2D eigenvalue weighted by Gasteiger charge is 2.39. The normalized spacial score (nSPS) is 22.3. The van der Waals surface area contributed by atoms with Crippen LogP contribution in [0.2, 0.25) is 0 Å². The number of aryl methyl sites for hydroxylation is 2. The molecule has 0 amide bonds. The molecular weight excluding hydrogens is 304 g/mol. The number of carbonyl (C=O) groups excluding carboxylic acids is 1. The monoisotopic (exact) mass is 324 g/mol. The van der Waals surface area contributed by atoms with Crippen LogP contribution in [0.4, 0.5) is 0 Å². The topological polar surface area (TPSA) is 77.7 Å². The summed E-state index contributed by atoms with van der Waals surface area (Å²) in [5.74, 6) is -0.772. The lowest BCUT2D eigenvalue weighted by Gasteiger charge is -2.30. The Balaban J connectivity index is 2.05. The Morgan fingerprint density at radius 2 is 2.25 bits per heavy atom. The third-order valence-corrected chi connectivity index (χ3v) is 4.36. The van der Waals surface area contributed by atoms with Crippen molar-refractivity contribution in [1.29, 1.82) is 5.26 Å². The molecule has 0 spiro atoms. The highest BCUT2D eigenvalue weighted by atomic mass is 16.5. The van der Waals surface area contributed by atoms with Crippen LogP contribution < -0.4 is 5.43 Å². The lowest BCUT2D eigenvalue weighted by molar-refractivity contribution is -0.135. The van der Waals surface area contributed by atoms with Gasteiger partial charge in [-0.3, -0.25) is 5.01 Å². The Hall–Kier alpha value is -2.65. The van der Waals surface area contributed by atoms with Gasteiger partial charge in [-0.25, -0.2) is 15.2 Å². The van der Waals surface area contributed by atoms with E-state index in [-0.39, 0.29) is 11.6 Å². The summed E-state index contributed by atoms with van der Waals surface area (Å²) in [6, 6.07) is 8.40. The highest BCUT2D eigenvalue weighted by Crippen LogP contribution is 2.31. The van der Waals surface area contributed by atoms with Gasteiger partial charge >= 0.3 is 5.97 Å². The van der Waals surface area contributed by atoms with Crippen LogP contribution in [-0.2, 0) is 9.53 Å². The predicted octanol–water partition coefficient (Wildman–Crippen LogP) is 1.95. The molecule has 1 fully saturated rings.